The van der Waals surface area contributed by atoms with Crippen molar-refractivity contribution in [3.8, 4) is 5.75 Å². The van der Waals surface area contributed by atoms with Crippen LogP contribution in [0.2, 0.25) is 5.02 Å². The highest BCUT2D eigenvalue weighted by atomic mass is 35.5. The number of hydrogen-bond donors (Lipinski definition) is 0. The van der Waals surface area contributed by atoms with Crippen molar-refractivity contribution in [3.05, 3.63) is 58.6 Å². The molecule has 3 rings (SSSR count). The molecular weight excluding hydrogens is 322 g/mol. The van der Waals surface area contributed by atoms with Crippen LogP contribution in [0.1, 0.15) is 49.0 Å². The molecule has 1 unspecified atom stereocenters. The average molecular weight is 344 g/mol. The maximum Gasteiger partial charge on any atom is 0.258 e. The van der Waals surface area contributed by atoms with E-state index in [2.05, 4.69) is 26.8 Å². The first-order valence-corrected chi connectivity index (χ1v) is 8.50. The second-order valence-electron chi connectivity index (χ2n) is 6.97. The van der Waals surface area contributed by atoms with Gasteiger partial charge in [-0.3, -0.25) is 9.69 Å². The Bertz CT molecular complexity index is 785. The third-order valence-corrected chi connectivity index (χ3v) is 4.93. The van der Waals surface area contributed by atoms with Gasteiger partial charge in [0.1, 0.15) is 5.75 Å². The second kappa shape index (κ2) is 6.14. The van der Waals surface area contributed by atoms with E-state index in [4.69, 9.17) is 16.3 Å². The molecule has 2 aromatic rings. The Labute approximate surface area is 148 Å². The van der Waals surface area contributed by atoms with Crippen LogP contribution >= 0.6 is 11.6 Å². The number of rotatable bonds is 2. The molecule has 1 aliphatic heterocycles. The second-order valence-corrected chi connectivity index (χ2v) is 7.40. The average Bonchev–Trinajstić information content (AvgIpc) is 2.53. The normalized spacial score (nSPS) is 18.9. The van der Waals surface area contributed by atoms with E-state index in [0.29, 0.717) is 16.5 Å². The Hall–Kier alpha value is -2.00. The fourth-order valence-corrected chi connectivity index (χ4v) is 3.91. The van der Waals surface area contributed by atoms with Gasteiger partial charge in [-0.1, -0.05) is 36.7 Å². The first kappa shape index (κ1) is 16.8. The summed E-state index contributed by atoms with van der Waals surface area (Å²) in [5.41, 5.74) is 2.28. The minimum Gasteiger partial charge on any atom is -0.495 e. The number of para-hydroxylation sites is 1. The van der Waals surface area contributed by atoms with Crippen LogP contribution in [0.3, 0.4) is 0 Å². The smallest absolute Gasteiger partial charge is 0.258 e. The van der Waals surface area contributed by atoms with E-state index in [1.165, 1.54) is 0 Å². The maximum atomic E-state index is 13.3. The zero-order valence-electron chi connectivity index (χ0n) is 14.5. The summed E-state index contributed by atoms with van der Waals surface area (Å²) in [6.45, 7) is 6.39. The van der Waals surface area contributed by atoms with Gasteiger partial charge in [-0.2, -0.15) is 0 Å². The molecule has 0 saturated heterocycles. The van der Waals surface area contributed by atoms with Crippen molar-refractivity contribution < 1.29 is 9.53 Å². The molecule has 0 aromatic heterocycles. The molecular formula is C20H22ClNO2. The number of fused-ring (bicyclic) bond motifs is 1. The Kier molecular flexibility index (Phi) is 4.31. The van der Waals surface area contributed by atoms with Gasteiger partial charge in [0.25, 0.3) is 5.91 Å². The summed E-state index contributed by atoms with van der Waals surface area (Å²) < 4.78 is 5.57. The van der Waals surface area contributed by atoms with Gasteiger partial charge in [0.15, 0.2) is 0 Å². The summed E-state index contributed by atoms with van der Waals surface area (Å²) in [4.78, 5) is 15.2. The van der Waals surface area contributed by atoms with Crippen LogP contribution in [0.15, 0.2) is 42.5 Å². The van der Waals surface area contributed by atoms with E-state index in [-0.39, 0.29) is 11.4 Å². The molecule has 0 saturated carbocycles. The summed E-state index contributed by atoms with van der Waals surface area (Å²) in [6, 6.07) is 13.1. The molecule has 2 aromatic carbocycles. The molecule has 1 amide bonds. The fourth-order valence-electron chi connectivity index (χ4n) is 3.72. The minimum absolute atomic E-state index is 0.0554. The molecule has 24 heavy (non-hydrogen) atoms. The van der Waals surface area contributed by atoms with Crippen LogP contribution in [0.5, 0.6) is 5.75 Å². The SMILES string of the molecule is COc1cccc2c1N(C(=O)c1cccc(Cl)c1)C(C)(C)CC2C. The van der Waals surface area contributed by atoms with Crippen LogP contribution in [-0.4, -0.2) is 18.6 Å². The summed E-state index contributed by atoms with van der Waals surface area (Å²) in [5, 5.41) is 0.560. The van der Waals surface area contributed by atoms with E-state index < -0.39 is 0 Å². The van der Waals surface area contributed by atoms with Gasteiger partial charge < -0.3 is 4.74 Å². The largest absolute Gasteiger partial charge is 0.495 e. The standard InChI is InChI=1S/C20H22ClNO2/c1-13-12-20(2,3)22(18-16(13)9-6-10-17(18)24-4)19(23)14-7-5-8-15(21)11-14/h5-11,13H,12H2,1-4H3. The fraction of sp³-hybridized carbons (Fsp3) is 0.350. The summed E-state index contributed by atoms with van der Waals surface area (Å²) >= 11 is 6.09. The van der Waals surface area contributed by atoms with Crippen molar-refractivity contribution >= 4 is 23.2 Å². The number of methoxy groups -OCH3 is 1. The van der Waals surface area contributed by atoms with Gasteiger partial charge in [-0.05, 0) is 56.0 Å². The molecule has 0 N–H and O–H groups in total. The third kappa shape index (κ3) is 2.78. The van der Waals surface area contributed by atoms with Crippen LogP contribution in [0, 0.1) is 0 Å². The highest BCUT2D eigenvalue weighted by Gasteiger charge is 2.41. The molecule has 0 bridgehead atoms. The lowest BCUT2D eigenvalue weighted by Crippen LogP contribution is -2.51. The van der Waals surface area contributed by atoms with E-state index in [0.717, 1.165) is 23.4 Å². The molecule has 0 aliphatic carbocycles. The minimum atomic E-state index is -0.319. The first-order valence-electron chi connectivity index (χ1n) is 8.12. The van der Waals surface area contributed by atoms with E-state index in [9.17, 15) is 4.79 Å². The van der Waals surface area contributed by atoms with Crippen molar-refractivity contribution in [2.24, 2.45) is 0 Å². The van der Waals surface area contributed by atoms with Crippen LogP contribution in [-0.2, 0) is 0 Å². The number of carbonyl (C=O) groups excluding carboxylic acids is 1. The number of anilines is 1. The van der Waals surface area contributed by atoms with Gasteiger partial charge in [0.2, 0.25) is 0 Å². The van der Waals surface area contributed by atoms with E-state index in [1.807, 2.05) is 17.0 Å². The summed E-state index contributed by atoms with van der Waals surface area (Å²) in [5.74, 6) is 1.02. The van der Waals surface area contributed by atoms with Crippen LogP contribution in [0.25, 0.3) is 0 Å². The van der Waals surface area contributed by atoms with E-state index in [1.54, 1.807) is 31.4 Å². The number of carbonyl (C=O) groups is 1. The van der Waals surface area contributed by atoms with E-state index >= 15 is 0 Å². The van der Waals surface area contributed by atoms with Crippen molar-refractivity contribution in [1.82, 2.24) is 0 Å². The molecule has 0 radical (unpaired) electrons. The van der Waals surface area contributed by atoms with Crippen LogP contribution < -0.4 is 9.64 Å². The first-order chi connectivity index (χ1) is 11.3. The Morgan fingerprint density at radius 1 is 1.25 bits per heavy atom. The highest BCUT2D eigenvalue weighted by molar-refractivity contribution is 6.31. The molecule has 1 heterocycles. The maximum absolute atomic E-state index is 13.3. The predicted octanol–water partition coefficient (Wildman–Crippen LogP) is 5.28. The predicted molar refractivity (Wildman–Crippen MR) is 98.4 cm³/mol. The number of benzene rings is 2. The molecule has 1 aliphatic rings. The van der Waals surface area contributed by atoms with Gasteiger partial charge in [0.05, 0.1) is 12.8 Å². The molecule has 0 spiro atoms. The van der Waals surface area contributed by atoms with Crippen molar-refractivity contribution in [3.63, 3.8) is 0 Å². The molecule has 3 nitrogen and oxygen atoms in total. The lowest BCUT2D eigenvalue weighted by molar-refractivity contribution is 0.0952. The van der Waals surface area contributed by atoms with Gasteiger partial charge in [-0.25, -0.2) is 0 Å². The number of halogens is 1. The molecule has 0 fully saturated rings. The lowest BCUT2D eigenvalue weighted by atomic mass is 9.79. The number of ether oxygens (including phenoxy) is 1. The lowest BCUT2D eigenvalue weighted by Gasteiger charge is -2.46. The highest BCUT2D eigenvalue weighted by Crippen LogP contribution is 2.48. The Morgan fingerprint density at radius 3 is 2.62 bits per heavy atom. The van der Waals surface area contributed by atoms with Gasteiger partial charge in [-0.15, -0.1) is 0 Å². The van der Waals surface area contributed by atoms with Crippen molar-refractivity contribution in [1.29, 1.82) is 0 Å². The third-order valence-electron chi connectivity index (χ3n) is 4.69. The zero-order chi connectivity index (χ0) is 17.5. The summed E-state index contributed by atoms with van der Waals surface area (Å²) in [7, 11) is 1.64. The Balaban J connectivity index is 2.19. The molecule has 1 atom stereocenters. The van der Waals surface area contributed by atoms with Gasteiger partial charge in [0, 0.05) is 16.1 Å². The van der Waals surface area contributed by atoms with Crippen molar-refractivity contribution in [2.45, 2.75) is 38.6 Å². The topological polar surface area (TPSA) is 29.5 Å². The quantitative estimate of drug-likeness (QED) is 0.742. The number of hydrogen-bond acceptors (Lipinski definition) is 2. The van der Waals surface area contributed by atoms with Crippen molar-refractivity contribution in [2.75, 3.05) is 12.0 Å². The summed E-state index contributed by atoms with van der Waals surface area (Å²) in [6.07, 6.45) is 0.888. The van der Waals surface area contributed by atoms with Gasteiger partial charge >= 0.3 is 0 Å². The molecule has 126 valence electrons. The Morgan fingerprint density at radius 2 is 1.96 bits per heavy atom. The zero-order valence-corrected chi connectivity index (χ0v) is 15.2. The number of amides is 1. The van der Waals surface area contributed by atoms with Crippen LogP contribution in [0.4, 0.5) is 5.69 Å². The number of nitrogens with zero attached hydrogens (tertiary/aromatic N) is 1. The monoisotopic (exact) mass is 343 g/mol. The molecule has 4 heteroatoms.